The number of unbranched alkanes of at least 4 members (excludes halogenated alkanes) is 2. The molecule has 0 saturated heterocycles. The Bertz CT molecular complexity index is 145. The van der Waals surface area contributed by atoms with Gasteiger partial charge in [0.25, 0.3) is 0 Å². The Morgan fingerprint density at radius 3 is 2.38 bits per heavy atom. The highest BCUT2D eigenvalue weighted by molar-refractivity contribution is 4.94. The third-order valence-electron chi connectivity index (χ3n) is 3.47. The number of rotatable bonds is 5. The van der Waals surface area contributed by atoms with Gasteiger partial charge in [-0.05, 0) is 31.1 Å². The molecule has 0 amide bonds. The van der Waals surface area contributed by atoms with E-state index in [9.17, 15) is 5.11 Å². The van der Waals surface area contributed by atoms with E-state index >= 15 is 0 Å². The molecular formula is C12H24O. The average Bonchev–Trinajstić information content (AvgIpc) is 2.00. The molecule has 0 atom stereocenters. The first-order valence-electron chi connectivity index (χ1n) is 5.80. The summed E-state index contributed by atoms with van der Waals surface area (Å²) in [5, 5.41) is 10.1. The van der Waals surface area contributed by atoms with Crippen LogP contribution in [0, 0.1) is 11.8 Å². The standard InChI is InChI=1S/C12H24O/c1-4-5-6-7-12(13)8-11(9-12)10(2)3/h10-11,13H,4-9H2,1-3H3. The van der Waals surface area contributed by atoms with Crippen LogP contribution in [-0.2, 0) is 0 Å². The Kier molecular flexibility index (Phi) is 3.78. The first kappa shape index (κ1) is 11.0. The Morgan fingerprint density at radius 2 is 1.92 bits per heavy atom. The molecule has 0 unspecified atom stereocenters. The van der Waals surface area contributed by atoms with Gasteiger partial charge in [0, 0.05) is 0 Å². The van der Waals surface area contributed by atoms with E-state index in [4.69, 9.17) is 0 Å². The molecule has 0 bridgehead atoms. The van der Waals surface area contributed by atoms with Crippen LogP contribution in [0.2, 0.25) is 0 Å². The van der Waals surface area contributed by atoms with Gasteiger partial charge < -0.3 is 5.11 Å². The predicted molar refractivity (Wildman–Crippen MR) is 56.7 cm³/mol. The highest BCUT2D eigenvalue weighted by Crippen LogP contribution is 2.44. The summed E-state index contributed by atoms with van der Waals surface area (Å²) in [5.74, 6) is 1.54. The monoisotopic (exact) mass is 184 g/mol. The second-order valence-electron chi connectivity index (χ2n) is 5.09. The number of hydrogen-bond acceptors (Lipinski definition) is 1. The maximum Gasteiger partial charge on any atom is 0.0653 e. The minimum Gasteiger partial charge on any atom is -0.390 e. The van der Waals surface area contributed by atoms with Crippen molar-refractivity contribution in [1.82, 2.24) is 0 Å². The summed E-state index contributed by atoms with van der Waals surface area (Å²) < 4.78 is 0. The van der Waals surface area contributed by atoms with Gasteiger partial charge in [0.2, 0.25) is 0 Å². The molecule has 1 aliphatic carbocycles. The molecule has 0 aromatic carbocycles. The molecule has 78 valence electrons. The van der Waals surface area contributed by atoms with Crippen molar-refractivity contribution in [3.63, 3.8) is 0 Å². The molecule has 0 aliphatic heterocycles. The molecule has 13 heavy (non-hydrogen) atoms. The third kappa shape index (κ3) is 2.98. The van der Waals surface area contributed by atoms with Crippen LogP contribution in [0.1, 0.15) is 59.3 Å². The summed E-state index contributed by atoms with van der Waals surface area (Å²) in [5.41, 5.74) is -0.274. The molecule has 1 aliphatic rings. The van der Waals surface area contributed by atoms with E-state index in [-0.39, 0.29) is 5.60 Å². The van der Waals surface area contributed by atoms with Crippen LogP contribution in [0.25, 0.3) is 0 Å². The lowest BCUT2D eigenvalue weighted by Crippen LogP contribution is -2.45. The molecule has 0 aromatic rings. The lowest BCUT2D eigenvalue weighted by atomic mass is 9.64. The van der Waals surface area contributed by atoms with Crippen LogP contribution in [0.15, 0.2) is 0 Å². The third-order valence-corrected chi connectivity index (χ3v) is 3.47. The molecule has 0 aromatic heterocycles. The predicted octanol–water partition coefficient (Wildman–Crippen LogP) is 3.36. The van der Waals surface area contributed by atoms with Gasteiger partial charge >= 0.3 is 0 Å². The topological polar surface area (TPSA) is 20.2 Å². The molecule has 0 radical (unpaired) electrons. The highest BCUT2D eigenvalue weighted by Gasteiger charge is 2.42. The van der Waals surface area contributed by atoms with Crippen molar-refractivity contribution in [3.8, 4) is 0 Å². The van der Waals surface area contributed by atoms with Crippen molar-refractivity contribution < 1.29 is 5.11 Å². The molecule has 1 nitrogen and oxygen atoms in total. The van der Waals surface area contributed by atoms with E-state index in [0.717, 1.165) is 31.1 Å². The summed E-state index contributed by atoms with van der Waals surface area (Å²) in [6.45, 7) is 6.73. The van der Waals surface area contributed by atoms with E-state index in [1.165, 1.54) is 19.3 Å². The van der Waals surface area contributed by atoms with Crippen LogP contribution in [-0.4, -0.2) is 10.7 Å². The lowest BCUT2D eigenvalue weighted by molar-refractivity contribution is -0.0936. The first-order valence-corrected chi connectivity index (χ1v) is 5.80. The maximum atomic E-state index is 10.1. The summed E-state index contributed by atoms with van der Waals surface area (Å²) in [6, 6.07) is 0. The smallest absolute Gasteiger partial charge is 0.0653 e. The number of aliphatic hydroxyl groups is 1. The van der Waals surface area contributed by atoms with Crippen LogP contribution >= 0.6 is 0 Å². The van der Waals surface area contributed by atoms with E-state index in [1.807, 2.05) is 0 Å². The van der Waals surface area contributed by atoms with E-state index in [1.54, 1.807) is 0 Å². The molecule has 1 saturated carbocycles. The van der Waals surface area contributed by atoms with E-state index in [0.29, 0.717) is 0 Å². The molecule has 0 heterocycles. The molecule has 1 fully saturated rings. The summed E-state index contributed by atoms with van der Waals surface area (Å²) in [6.07, 6.45) is 6.86. The number of hydrogen-bond donors (Lipinski definition) is 1. The Balaban J connectivity index is 2.14. The molecule has 1 N–H and O–H groups in total. The maximum absolute atomic E-state index is 10.1. The lowest BCUT2D eigenvalue weighted by Gasteiger charge is -2.46. The fraction of sp³-hybridized carbons (Fsp3) is 1.00. The van der Waals surface area contributed by atoms with Crippen molar-refractivity contribution in [2.24, 2.45) is 11.8 Å². The van der Waals surface area contributed by atoms with Gasteiger partial charge in [0.05, 0.1) is 5.60 Å². The fourth-order valence-electron chi connectivity index (χ4n) is 2.30. The molecular weight excluding hydrogens is 160 g/mol. The molecule has 1 rings (SSSR count). The van der Waals surface area contributed by atoms with Crippen LogP contribution in [0.4, 0.5) is 0 Å². The minimum atomic E-state index is -0.274. The molecule has 1 heteroatoms. The summed E-state index contributed by atoms with van der Waals surface area (Å²) in [4.78, 5) is 0. The van der Waals surface area contributed by atoms with Crippen LogP contribution in [0.5, 0.6) is 0 Å². The van der Waals surface area contributed by atoms with Gasteiger partial charge in [-0.25, -0.2) is 0 Å². The van der Waals surface area contributed by atoms with Crippen LogP contribution in [0.3, 0.4) is 0 Å². The van der Waals surface area contributed by atoms with Gasteiger partial charge in [-0.2, -0.15) is 0 Å². The van der Waals surface area contributed by atoms with Crippen molar-refractivity contribution in [1.29, 1.82) is 0 Å². The van der Waals surface area contributed by atoms with Gasteiger partial charge in [0.15, 0.2) is 0 Å². The molecule has 0 spiro atoms. The van der Waals surface area contributed by atoms with Crippen molar-refractivity contribution >= 4 is 0 Å². The minimum absolute atomic E-state index is 0.274. The van der Waals surface area contributed by atoms with Crippen molar-refractivity contribution in [3.05, 3.63) is 0 Å². The SMILES string of the molecule is CCCCCC1(O)CC(C(C)C)C1. The Hall–Kier alpha value is -0.0400. The normalized spacial score (nSPS) is 33.5. The average molecular weight is 184 g/mol. The summed E-state index contributed by atoms with van der Waals surface area (Å²) in [7, 11) is 0. The van der Waals surface area contributed by atoms with Crippen LogP contribution < -0.4 is 0 Å². The van der Waals surface area contributed by atoms with E-state index in [2.05, 4.69) is 20.8 Å². The largest absolute Gasteiger partial charge is 0.390 e. The second-order valence-corrected chi connectivity index (χ2v) is 5.09. The zero-order chi connectivity index (χ0) is 9.90. The van der Waals surface area contributed by atoms with Crippen molar-refractivity contribution in [2.45, 2.75) is 64.9 Å². The van der Waals surface area contributed by atoms with Gasteiger partial charge in [-0.15, -0.1) is 0 Å². The quantitative estimate of drug-likeness (QED) is 0.650. The van der Waals surface area contributed by atoms with Gasteiger partial charge in [-0.1, -0.05) is 40.0 Å². The summed E-state index contributed by atoms with van der Waals surface area (Å²) >= 11 is 0. The van der Waals surface area contributed by atoms with Gasteiger partial charge in [0.1, 0.15) is 0 Å². The van der Waals surface area contributed by atoms with Crippen molar-refractivity contribution in [2.75, 3.05) is 0 Å². The second kappa shape index (κ2) is 4.45. The van der Waals surface area contributed by atoms with Gasteiger partial charge in [-0.3, -0.25) is 0 Å². The fourth-order valence-corrected chi connectivity index (χ4v) is 2.30. The first-order chi connectivity index (χ1) is 6.07. The zero-order valence-electron chi connectivity index (χ0n) is 9.34. The Labute approximate surface area is 82.5 Å². The van der Waals surface area contributed by atoms with E-state index < -0.39 is 0 Å². The zero-order valence-corrected chi connectivity index (χ0v) is 9.34. The highest BCUT2D eigenvalue weighted by atomic mass is 16.3. The Morgan fingerprint density at radius 1 is 1.31 bits per heavy atom.